The number of carboxylic acid groups (broad SMARTS) is 1. The van der Waals surface area contributed by atoms with Crippen molar-refractivity contribution in [2.45, 2.75) is 239 Å². The molecule has 0 saturated heterocycles. The SMILES string of the molecule is CC(C)(/C=C/C[C@](C)(O)[C@H]1CC[C@]2(C)[C@@H]1CC[C@@H]1[C@@]3(C)[C@H](O)C[C@@](O)(CCCCCCCCCCCCCCCCCC(=O)O)C(C)(C)[C@@H]3CC[C@]12C)OO. The molecule has 4 aliphatic carbocycles. The number of unbranched alkanes of at least 4 members (excludes halogenated alkanes) is 14. The van der Waals surface area contributed by atoms with Gasteiger partial charge in [-0.3, -0.25) is 10.1 Å². The van der Waals surface area contributed by atoms with Gasteiger partial charge >= 0.3 is 5.97 Å². The summed E-state index contributed by atoms with van der Waals surface area (Å²) >= 11 is 0. The second-order valence-corrected chi connectivity index (χ2v) is 21.5. The molecule has 0 aromatic heterocycles. The van der Waals surface area contributed by atoms with Crippen LogP contribution in [0.25, 0.3) is 0 Å². The van der Waals surface area contributed by atoms with E-state index in [-0.39, 0.29) is 33.5 Å². The third-order valence-corrected chi connectivity index (χ3v) is 17.5. The zero-order valence-electron chi connectivity index (χ0n) is 36.8. The van der Waals surface area contributed by atoms with E-state index in [0.29, 0.717) is 31.1 Å². The second-order valence-electron chi connectivity index (χ2n) is 21.5. The molecule has 0 amide bonds. The molecule has 7 heteroatoms. The Morgan fingerprint density at radius 2 is 1.24 bits per heavy atom. The topological polar surface area (TPSA) is 127 Å². The zero-order chi connectivity index (χ0) is 40.8. The van der Waals surface area contributed by atoms with Gasteiger partial charge in [0.1, 0.15) is 5.60 Å². The fraction of sp³-hybridized carbons (Fsp3) is 0.938. The lowest BCUT2D eigenvalue weighted by Gasteiger charge is -2.72. The Morgan fingerprint density at radius 3 is 1.76 bits per heavy atom. The van der Waals surface area contributed by atoms with Gasteiger partial charge in [-0.2, -0.15) is 0 Å². The summed E-state index contributed by atoms with van der Waals surface area (Å²) in [6.07, 6.45) is 29.9. The van der Waals surface area contributed by atoms with Crippen molar-refractivity contribution in [3.8, 4) is 0 Å². The van der Waals surface area contributed by atoms with Crippen LogP contribution in [0.2, 0.25) is 0 Å². The maximum atomic E-state index is 12.4. The number of carbonyl (C=O) groups is 1. The van der Waals surface area contributed by atoms with Gasteiger partial charge in [0.15, 0.2) is 0 Å². The molecule has 7 nitrogen and oxygen atoms in total. The molecule has 0 heterocycles. The van der Waals surface area contributed by atoms with E-state index in [0.717, 1.165) is 70.6 Å². The third-order valence-electron chi connectivity index (χ3n) is 17.5. The number of rotatable bonds is 23. The molecule has 0 aromatic rings. The number of aliphatic hydroxyl groups excluding tert-OH is 1. The summed E-state index contributed by atoms with van der Waals surface area (Å²) in [6, 6.07) is 0. The van der Waals surface area contributed by atoms with Crippen molar-refractivity contribution in [1.82, 2.24) is 0 Å². The fourth-order valence-electron chi connectivity index (χ4n) is 13.7. The van der Waals surface area contributed by atoms with Crippen LogP contribution in [0.1, 0.15) is 216 Å². The van der Waals surface area contributed by atoms with E-state index in [1.807, 2.05) is 19.1 Å². The van der Waals surface area contributed by atoms with Crippen molar-refractivity contribution in [3.63, 3.8) is 0 Å². The minimum absolute atomic E-state index is 0.0621. The molecular formula is C48H86O7. The predicted octanol–water partition coefficient (Wildman–Crippen LogP) is 12.1. The van der Waals surface area contributed by atoms with Crippen molar-refractivity contribution in [1.29, 1.82) is 0 Å². The third kappa shape index (κ3) is 10.1. The van der Waals surface area contributed by atoms with Crippen molar-refractivity contribution in [2.75, 3.05) is 0 Å². The van der Waals surface area contributed by atoms with Gasteiger partial charge in [0.2, 0.25) is 0 Å². The highest BCUT2D eigenvalue weighted by Gasteiger charge is 2.72. The Bertz CT molecular complexity index is 1240. The summed E-state index contributed by atoms with van der Waals surface area (Å²) in [4.78, 5) is 15.2. The molecular weight excluding hydrogens is 689 g/mol. The molecule has 55 heavy (non-hydrogen) atoms. The number of aliphatic carboxylic acids is 1. The van der Waals surface area contributed by atoms with Gasteiger partial charge in [0.05, 0.1) is 17.3 Å². The van der Waals surface area contributed by atoms with Crippen LogP contribution in [0.5, 0.6) is 0 Å². The maximum Gasteiger partial charge on any atom is 0.303 e. The van der Waals surface area contributed by atoms with Gasteiger partial charge in [-0.1, -0.05) is 137 Å². The smallest absolute Gasteiger partial charge is 0.303 e. The highest BCUT2D eigenvalue weighted by atomic mass is 17.1. The Hall–Kier alpha value is -0.990. The van der Waals surface area contributed by atoms with E-state index in [1.54, 1.807) is 13.8 Å². The standard InChI is InChI=1S/C48H86O7/c1-42(2,55-54)30-24-31-46(7,52)37-28-33-44(5)36(37)26-27-39-45(44,6)34-29-38-43(3,4)48(53,35-40(49)47(38,39)8)32-23-21-19-17-15-13-11-9-10-12-14-16-18-20-22-25-41(50)51/h24,30,36-40,49,52-54H,9-23,25-29,31-35H2,1-8H3,(H,50,51)/b30-24+/t36-,37+,38+,39+,40-,44-,45-,46+,47+,48+/m1/s1. The van der Waals surface area contributed by atoms with E-state index >= 15 is 0 Å². The highest BCUT2D eigenvalue weighted by Crippen LogP contribution is 2.76. The number of hydrogen-bond acceptors (Lipinski definition) is 6. The van der Waals surface area contributed by atoms with Gasteiger partial charge in [0.25, 0.3) is 0 Å². The summed E-state index contributed by atoms with van der Waals surface area (Å²) in [6.45, 7) is 17.7. The average molecular weight is 775 g/mol. The molecule has 10 atom stereocenters. The number of hydrogen-bond donors (Lipinski definition) is 5. The van der Waals surface area contributed by atoms with E-state index < -0.39 is 28.9 Å². The zero-order valence-corrected chi connectivity index (χ0v) is 36.8. The van der Waals surface area contributed by atoms with Gasteiger partial charge < -0.3 is 20.4 Å². The molecule has 0 radical (unpaired) electrons. The first-order chi connectivity index (χ1) is 25.7. The van der Waals surface area contributed by atoms with Gasteiger partial charge in [-0.15, -0.1) is 0 Å². The van der Waals surface area contributed by atoms with Crippen molar-refractivity contribution in [3.05, 3.63) is 12.2 Å². The molecule has 0 bridgehead atoms. The first-order valence-corrected chi connectivity index (χ1v) is 23.1. The van der Waals surface area contributed by atoms with E-state index in [1.165, 1.54) is 70.6 Å². The quantitative estimate of drug-likeness (QED) is 0.0303. The Balaban J connectivity index is 1.24. The largest absolute Gasteiger partial charge is 0.481 e. The molecule has 0 aromatic carbocycles. The lowest BCUT2D eigenvalue weighted by atomic mass is 9.33. The summed E-state index contributed by atoms with van der Waals surface area (Å²) in [5.74, 6) is 0.600. The lowest BCUT2D eigenvalue weighted by Crippen LogP contribution is -2.70. The molecule has 320 valence electrons. The summed E-state index contributed by atoms with van der Waals surface area (Å²) in [5.41, 5.74) is -2.86. The van der Waals surface area contributed by atoms with Crippen LogP contribution >= 0.6 is 0 Å². The molecule has 4 aliphatic rings. The first-order valence-electron chi connectivity index (χ1n) is 23.1. The minimum Gasteiger partial charge on any atom is -0.481 e. The van der Waals surface area contributed by atoms with Gasteiger partial charge in [0, 0.05) is 18.3 Å². The molecule has 4 saturated carbocycles. The van der Waals surface area contributed by atoms with Crippen LogP contribution in [-0.2, 0) is 9.68 Å². The Labute approximate surface area is 336 Å². The summed E-state index contributed by atoms with van der Waals surface area (Å²) in [5, 5.41) is 54.6. The number of carboxylic acids is 1. The molecule has 5 N–H and O–H groups in total. The molecule has 0 aliphatic heterocycles. The Morgan fingerprint density at radius 1 is 0.727 bits per heavy atom. The van der Waals surface area contributed by atoms with Crippen LogP contribution < -0.4 is 0 Å². The minimum atomic E-state index is -0.857. The average Bonchev–Trinajstić information content (AvgIpc) is 3.47. The highest BCUT2D eigenvalue weighted by molar-refractivity contribution is 5.66. The number of aliphatic hydroxyl groups is 3. The normalized spacial score (nSPS) is 37.0. The van der Waals surface area contributed by atoms with E-state index in [2.05, 4.69) is 39.5 Å². The molecule has 4 rings (SSSR count). The van der Waals surface area contributed by atoms with Crippen LogP contribution in [0.4, 0.5) is 0 Å². The van der Waals surface area contributed by atoms with E-state index in [4.69, 9.17) is 5.11 Å². The lowest BCUT2D eigenvalue weighted by molar-refractivity contribution is -0.297. The van der Waals surface area contributed by atoms with Crippen molar-refractivity contribution < 1.29 is 35.4 Å². The van der Waals surface area contributed by atoms with Crippen LogP contribution in [0, 0.1) is 45.3 Å². The van der Waals surface area contributed by atoms with E-state index in [9.17, 15) is 25.4 Å². The van der Waals surface area contributed by atoms with Gasteiger partial charge in [-0.25, -0.2) is 4.89 Å². The molecule has 0 unspecified atom stereocenters. The van der Waals surface area contributed by atoms with Crippen molar-refractivity contribution in [2.24, 2.45) is 45.3 Å². The Kier molecular flexibility index (Phi) is 16.1. The van der Waals surface area contributed by atoms with Crippen molar-refractivity contribution >= 4 is 5.97 Å². The van der Waals surface area contributed by atoms with Crippen LogP contribution in [0.3, 0.4) is 0 Å². The van der Waals surface area contributed by atoms with Crippen LogP contribution in [0.15, 0.2) is 12.2 Å². The first kappa shape index (κ1) is 46.7. The fourth-order valence-corrected chi connectivity index (χ4v) is 13.7. The van der Waals surface area contributed by atoms with Crippen LogP contribution in [-0.4, -0.2) is 54.6 Å². The summed E-state index contributed by atoms with van der Waals surface area (Å²) in [7, 11) is 0. The predicted molar refractivity (Wildman–Crippen MR) is 224 cm³/mol. The number of fused-ring (bicyclic) bond motifs is 5. The monoisotopic (exact) mass is 775 g/mol. The maximum absolute atomic E-state index is 12.4. The summed E-state index contributed by atoms with van der Waals surface area (Å²) < 4.78 is 0. The second kappa shape index (κ2) is 18.9. The molecule has 4 fully saturated rings. The molecule has 0 spiro atoms. The van der Waals surface area contributed by atoms with Gasteiger partial charge in [-0.05, 0) is 118 Å².